The number of nitrogens with zero attached hydrogens (tertiary/aromatic N) is 2. The summed E-state index contributed by atoms with van der Waals surface area (Å²) in [5, 5.41) is 0.0985. The number of sulfonamides is 1. The maximum atomic E-state index is 12.0. The molecule has 0 atom stereocenters. The number of aryl methyl sites for hydroxylation is 1. The van der Waals surface area contributed by atoms with E-state index in [4.69, 9.17) is 0 Å². The molecular formula is C13H19N3O2S. The van der Waals surface area contributed by atoms with Crippen LogP contribution in [0.15, 0.2) is 23.4 Å². The van der Waals surface area contributed by atoms with E-state index in [0.717, 1.165) is 17.8 Å². The van der Waals surface area contributed by atoms with Crippen molar-refractivity contribution in [2.75, 3.05) is 7.05 Å². The van der Waals surface area contributed by atoms with Crippen LogP contribution in [0.4, 0.5) is 0 Å². The Kier molecular flexibility index (Phi) is 3.64. The van der Waals surface area contributed by atoms with Crippen LogP contribution in [0.3, 0.4) is 0 Å². The van der Waals surface area contributed by atoms with Crippen LogP contribution in [-0.2, 0) is 16.4 Å². The fourth-order valence-corrected chi connectivity index (χ4v) is 2.88. The van der Waals surface area contributed by atoms with Crippen LogP contribution in [0.5, 0.6) is 0 Å². The smallest absolute Gasteiger partial charge is 0.259 e. The number of rotatable bonds is 4. The Morgan fingerprint density at radius 3 is 2.58 bits per heavy atom. The summed E-state index contributed by atoms with van der Waals surface area (Å²) in [6, 6.07) is 3.76. The van der Waals surface area contributed by atoms with Crippen LogP contribution in [-0.4, -0.2) is 24.9 Å². The number of nitrogens with one attached hydrogen (secondary N) is 1. The zero-order valence-electron chi connectivity index (χ0n) is 11.6. The molecule has 104 valence electrons. The molecule has 0 aliphatic carbocycles. The third-order valence-corrected chi connectivity index (χ3v) is 4.49. The molecule has 0 saturated carbocycles. The lowest BCUT2D eigenvalue weighted by Gasteiger charge is -2.05. The van der Waals surface area contributed by atoms with Crippen molar-refractivity contribution in [3.63, 3.8) is 0 Å². The van der Waals surface area contributed by atoms with Crippen molar-refractivity contribution < 1.29 is 8.42 Å². The number of imidazole rings is 1. The van der Waals surface area contributed by atoms with E-state index in [9.17, 15) is 8.42 Å². The third kappa shape index (κ3) is 2.37. The van der Waals surface area contributed by atoms with E-state index in [1.807, 2.05) is 36.6 Å². The highest BCUT2D eigenvalue weighted by molar-refractivity contribution is 7.89. The number of aromatic nitrogens is 2. The zero-order chi connectivity index (χ0) is 14.2. The molecule has 2 aromatic heterocycles. The van der Waals surface area contributed by atoms with Gasteiger partial charge in [-0.25, -0.2) is 18.1 Å². The maximum absolute atomic E-state index is 12.0. The first-order valence-corrected chi connectivity index (χ1v) is 7.83. The lowest BCUT2D eigenvalue weighted by Crippen LogP contribution is -2.19. The van der Waals surface area contributed by atoms with Gasteiger partial charge in [-0.05, 0) is 25.1 Å². The van der Waals surface area contributed by atoms with Crippen molar-refractivity contribution in [3.05, 3.63) is 29.7 Å². The Balaban J connectivity index is 2.82. The Labute approximate surface area is 113 Å². The molecule has 0 bridgehead atoms. The number of fused-ring (bicyclic) bond motifs is 1. The quantitative estimate of drug-likeness (QED) is 0.931. The Morgan fingerprint density at radius 1 is 1.37 bits per heavy atom. The van der Waals surface area contributed by atoms with E-state index in [1.165, 1.54) is 7.05 Å². The van der Waals surface area contributed by atoms with Gasteiger partial charge >= 0.3 is 0 Å². The average Bonchev–Trinajstić information content (AvgIpc) is 2.77. The minimum atomic E-state index is -3.54. The van der Waals surface area contributed by atoms with Crippen molar-refractivity contribution in [2.45, 2.75) is 38.1 Å². The number of hydrogen-bond acceptors (Lipinski definition) is 3. The topological polar surface area (TPSA) is 63.5 Å². The van der Waals surface area contributed by atoms with E-state index in [0.29, 0.717) is 5.52 Å². The van der Waals surface area contributed by atoms with Crippen molar-refractivity contribution in [2.24, 2.45) is 0 Å². The maximum Gasteiger partial charge on any atom is 0.259 e. The molecule has 19 heavy (non-hydrogen) atoms. The molecule has 5 nitrogen and oxygen atoms in total. The predicted molar refractivity (Wildman–Crippen MR) is 74.9 cm³/mol. The van der Waals surface area contributed by atoms with Crippen molar-refractivity contribution in [1.82, 2.24) is 14.1 Å². The fourth-order valence-electron chi connectivity index (χ4n) is 2.03. The normalized spacial score (nSPS) is 12.5. The second-order valence-corrected chi connectivity index (χ2v) is 6.59. The number of hydrogen-bond donors (Lipinski definition) is 1. The van der Waals surface area contributed by atoms with Gasteiger partial charge in [0.05, 0.1) is 5.52 Å². The lowest BCUT2D eigenvalue weighted by molar-refractivity contribution is 0.585. The van der Waals surface area contributed by atoms with Crippen molar-refractivity contribution >= 4 is 15.5 Å². The molecule has 0 fully saturated rings. The molecule has 0 unspecified atom stereocenters. The molecule has 0 aliphatic rings. The summed E-state index contributed by atoms with van der Waals surface area (Å²) in [4.78, 5) is 4.32. The van der Waals surface area contributed by atoms with Crippen LogP contribution >= 0.6 is 0 Å². The summed E-state index contributed by atoms with van der Waals surface area (Å²) in [5.74, 6) is 0.916. The molecule has 0 amide bonds. The van der Waals surface area contributed by atoms with Gasteiger partial charge in [0.15, 0.2) is 5.03 Å². The summed E-state index contributed by atoms with van der Waals surface area (Å²) in [6.45, 7) is 6.07. The molecule has 0 saturated heterocycles. The van der Waals surface area contributed by atoms with Gasteiger partial charge in [-0.3, -0.25) is 0 Å². The van der Waals surface area contributed by atoms with Crippen LogP contribution < -0.4 is 4.72 Å². The summed E-state index contributed by atoms with van der Waals surface area (Å²) < 4.78 is 28.2. The van der Waals surface area contributed by atoms with Crippen LogP contribution in [0.25, 0.3) is 5.52 Å². The molecule has 0 aromatic carbocycles. The zero-order valence-corrected chi connectivity index (χ0v) is 12.5. The minimum absolute atomic E-state index is 0.0985. The van der Waals surface area contributed by atoms with E-state index in [1.54, 1.807) is 0 Å². The molecule has 0 spiro atoms. The highest BCUT2D eigenvalue weighted by Gasteiger charge is 2.22. The predicted octanol–water partition coefficient (Wildman–Crippen LogP) is 1.93. The summed E-state index contributed by atoms with van der Waals surface area (Å²) >= 11 is 0. The Morgan fingerprint density at radius 2 is 2.05 bits per heavy atom. The fraction of sp³-hybridized carbons (Fsp3) is 0.462. The monoisotopic (exact) mass is 281 g/mol. The van der Waals surface area contributed by atoms with Gasteiger partial charge in [0, 0.05) is 12.1 Å². The first-order chi connectivity index (χ1) is 8.90. The standard InChI is InChI=1S/C13H19N3O2S/c1-5-10-6-7-11-13(19(17,18)14-4)15-12(9(2)3)16(11)8-10/h6-9,14H,5H2,1-4H3. The minimum Gasteiger partial charge on any atom is -0.302 e. The molecule has 0 aliphatic heterocycles. The largest absolute Gasteiger partial charge is 0.302 e. The number of pyridine rings is 1. The van der Waals surface area contributed by atoms with Crippen LogP contribution in [0, 0.1) is 0 Å². The van der Waals surface area contributed by atoms with E-state index in [-0.39, 0.29) is 10.9 Å². The van der Waals surface area contributed by atoms with Gasteiger partial charge in [-0.15, -0.1) is 0 Å². The van der Waals surface area contributed by atoms with E-state index in [2.05, 4.69) is 16.6 Å². The highest BCUT2D eigenvalue weighted by Crippen LogP contribution is 2.23. The van der Waals surface area contributed by atoms with E-state index < -0.39 is 10.0 Å². The molecule has 2 heterocycles. The van der Waals surface area contributed by atoms with Crippen molar-refractivity contribution in [3.8, 4) is 0 Å². The first kappa shape index (κ1) is 14.0. The molecular weight excluding hydrogens is 262 g/mol. The molecule has 6 heteroatoms. The average molecular weight is 281 g/mol. The second kappa shape index (κ2) is 4.94. The van der Waals surface area contributed by atoms with Crippen LogP contribution in [0.2, 0.25) is 0 Å². The second-order valence-electron chi connectivity index (χ2n) is 4.78. The van der Waals surface area contributed by atoms with Gasteiger partial charge in [0.1, 0.15) is 5.82 Å². The summed E-state index contributed by atoms with van der Waals surface area (Å²) in [6.07, 6.45) is 2.87. The van der Waals surface area contributed by atoms with Gasteiger partial charge in [-0.2, -0.15) is 0 Å². The van der Waals surface area contributed by atoms with Crippen molar-refractivity contribution in [1.29, 1.82) is 0 Å². The van der Waals surface area contributed by atoms with Gasteiger partial charge in [0.2, 0.25) is 0 Å². The highest BCUT2D eigenvalue weighted by atomic mass is 32.2. The first-order valence-electron chi connectivity index (χ1n) is 6.35. The van der Waals surface area contributed by atoms with Gasteiger partial charge in [0.25, 0.3) is 10.0 Å². The molecule has 2 rings (SSSR count). The lowest BCUT2D eigenvalue weighted by atomic mass is 10.2. The molecule has 0 radical (unpaired) electrons. The summed E-state index contributed by atoms with van der Waals surface area (Å²) in [5.41, 5.74) is 1.77. The molecule has 1 N–H and O–H groups in total. The third-order valence-electron chi connectivity index (χ3n) is 3.14. The van der Waals surface area contributed by atoms with Crippen LogP contribution in [0.1, 0.15) is 38.1 Å². The van der Waals surface area contributed by atoms with E-state index >= 15 is 0 Å². The Hall–Kier alpha value is -1.40. The SMILES string of the molecule is CCc1ccc2c(S(=O)(=O)NC)nc(C(C)C)n2c1. The summed E-state index contributed by atoms with van der Waals surface area (Å²) in [7, 11) is -2.14. The Bertz CT molecular complexity index is 702. The molecule has 2 aromatic rings. The van der Waals surface area contributed by atoms with Gasteiger partial charge < -0.3 is 4.40 Å². The van der Waals surface area contributed by atoms with Gasteiger partial charge in [-0.1, -0.05) is 26.8 Å².